The van der Waals surface area contributed by atoms with Crippen LogP contribution < -0.4 is 0 Å². The van der Waals surface area contributed by atoms with E-state index in [4.69, 9.17) is 20.1 Å². The van der Waals surface area contributed by atoms with Gasteiger partial charge in [0, 0.05) is 0 Å². The van der Waals surface area contributed by atoms with E-state index in [0.29, 0.717) is 0 Å². The van der Waals surface area contributed by atoms with E-state index < -0.39 is 30.7 Å². The van der Waals surface area contributed by atoms with Gasteiger partial charge in [-0.2, -0.15) is 0 Å². The molecular weight excluding hydrogens is 152 g/mol. The molecule has 1 aliphatic heterocycles. The van der Waals surface area contributed by atoms with Crippen LogP contribution >= 0.6 is 0 Å². The molecule has 0 aromatic heterocycles. The summed E-state index contributed by atoms with van der Waals surface area (Å²) in [6, 6.07) is 0. The van der Waals surface area contributed by atoms with Crippen molar-refractivity contribution < 1.29 is 25.2 Å². The van der Waals surface area contributed by atoms with Crippen molar-refractivity contribution in [1.82, 2.24) is 0 Å². The molecule has 11 heavy (non-hydrogen) atoms. The van der Waals surface area contributed by atoms with Gasteiger partial charge in [0.05, 0.1) is 6.61 Å². The predicted molar refractivity (Wildman–Crippen MR) is 34.6 cm³/mol. The Balaban J connectivity index is 2.73. The van der Waals surface area contributed by atoms with Crippen LogP contribution in [0.15, 0.2) is 0 Å². The zero-order valence-electron chi connectivity index (χ0n) is 6.14. The minimum Gasteiger partial charge on any atom is -0.393 e. The maximum absolute atomic E-state index is 9.19. The third kappa shape index (κ3) is 1.25. The Bertz CT molecular complexity index is 150. The summed E-state index contributed by atoms with van der Waals surface area (Å²) in [4.78, 5) is 0. The number of hydrogen-bond acceptors (Lipinski definition) is 5. The number of rotatable bonds is 1. The number of aliphatic hydroxyl groups excluding tert-OH is 4. The summed E-state index contributed by atoms with van der Waals surface area (Å²) in [5, 5.41) is 35.8. The second-order valence-corrected chi connectivity index (χ2v) is 2.91. The monoisotopic (exact) mass is 164 g/mol. The molecule has 0 spiro atoms. The fourth-order valence-corrected chi connectivity index (χ4v) is 1.06. The Labute approximate surface area is 63.8 Å². The normalized spacial score (nSPS) is 51.5. The second kappa shape index (κ2) is 2.69. The van der Waals surface area contributed by atoms with Gasteiger partial charge in [-0.25, -0.2) is 0 Å². The average molecular weight is 164 g/mol. The number of ether oxygens (including phenoxy) is 1. The zero-order valence-corrected chi connectivity index (χ0v) is 6.14. The predicted octanol–water partition coefficient (Wildman–Crippen LogP) is -2.19. The van der Waals surface area contributed by atoms with Crippen molar-refractivity contribution in [2.45, 2.75) is 31.0 Å². The SMILES string of the molecule is C[C@]1(CO)O[C@@H](O)[C@H](O)[C@@H]1O. The van der Waals surface area contributed by atoms with Gasteiger partial charge in [0.1, 0.15) is 17.8 Å². The van der Waals surface area contributed by atoms with Gasteiger partial charge >= 0.3 is 0 Å². The molecule has 1 aliphatic rings. The maximum atomic E-state index is 9.19. The third-order valence-electron chi connectivity index (χ3n) is 1.95. The quantitative estimate of drug-likeness (QED) is 0.353. The average Bonchev–Trinajstić information content (AvgIpc) is 2.17. The van der Waals surface area contributed by atoms with E-state index in [1.807, 2.05) is 0 Å². The molecule has 0 bridgehead atoms. The van der Waals surface area contributed by atoms with Gasteiger partial charge in [-0.1, -0.05) is 0 Å². The molecule has 5 heteroatoms. The van der Waals surface area contributed by atoms with Crippen molar-refractivity contribution in [3.05, 3.63) is 0 Å². The van der Waals surface area contributed by atoms with Crippen molar-refractivity contribution in [2.24, 2.45) is 0 Å². The van der Waals surface area contributed by atoms with Crippen LogP contribution in [0.4, 0.5) is 0 Å². The minimum atomic E-state index is -1.41. The molecule has 0 radical (unpaired) electrons. The Morgan fingerprint density at radius 1 is 1.36 bits per heavy atom. The Morgan fingerprint density at radius 2 is 1.91 bits per heavy atom. The van der Waals surface area contributed by atoms with Gasteiger partial charge in [0.2, 0.25) is 0 Å². The maximum Gasteiger partial charge on any atom is 0.184 e. The minimum absolute atomic E-state index is 0.442. The van der Waals surface area contributed by atoms with Crippen molar-refractivity contribution in [1.29, 1.82) is 0 Å². The van der Waals surface area contributed by atoms with Gasteiger partial charge in [-0.15, -0.1) is 0 Å². The summed E-state index contributed by atoms with van der Waals surface area (Å²) < 4.78 is 4.73. The van der Waals surface area contributed by atoms with E-state index in [0.717, 1.165) is 0 Å². The van der Waals surface area contributed by atoms with Crippen molar-refractivity contribution in [2.75, 3.05) is 6.61 Å². The van der Waals surface area contributed by atoms with Crippen LogP contribution in [0.2, 0.25) is 0 Å². The van der Waals surface area contributed by atoms with Crippen molar-refractivity contribution in [3.8, 4) is 0 Å². The molecule has 0 aliphatic carbocycles. The van der Waals surface area contributed by atoms with E-state index in [1.54, 1.807) is 0 Å². The van der Waals surface area contributed by atoms with E-state index in [-0.39, 0.29) is 0 Å². The lowest BCUT2D eigenvalue weighted by molar-refractivity contribution is -0.167. The topological polar surface area (TPSA) is 90.2 Å². The third-order valence-corrected chi connectivity index (χ3v) is 1.95. The van der Waals surface area contributed by atoms with Crippen LogP contribution in [0, 0.1) is 0 Å². The second-order valence-electron chi connectivity index (χ2n) is 2.91. The summed E-state index contributed by atoms with van der Waals surface area (Å²) >= 11 is 0. The van der Waals surface area contributed by atoms with Crippen LogP contribution in [0.25, 0.3) is 0 Å². The van der Waals surface area contributed by atoms with Gasteiger partial charge in [-0.05, 0) is 6.92 Å². The van der Waals surface area contributed by atoms with Crippen LogP contribution in [0.1, 0.15) is 6.92 Å². The highest BCUT2D eigenvalue weighted by atomic mass is 16.7. The first-order valence-electron chi connectivity index (χ1n) is 3.34. The van der Waals surface area contributed by atoms with Crippen LogP contribution in [0.5, 0.6) is 0 Å². The van der Waals surface area contributed by atoms with Crippen LogP contribution in [-0.2, 0) is 4.74 Å². The summed E-state index contributed by atoms with van der Waals surface area (Å²) in [7, 11) is 0. The van der Waals surface area contributed by atoms with E-state index in [1.165, 1.54) is 6.92 Å². The molecule has 1 heterocycles. The summed E-state index contributed by atoms with van der Waals surface area (Å²) in [5.41, 5.74) is -1.25. The smallest absolute Gasteiger partial charge is 0.184 e. The fraction of sp³-hybridized carbons (Fsp3) is 1.00. The van der Waals surface area contributed by atoms with Crippen molar-refractivity contribution in [3.63, 3.8) is 0 Å². The van der Waals surface area contributed by atoms with Crippen LogP contribution in [-0.4, -0.2) is 51.1 Å². The molecular formula is C6H12O5. The first-order valence-corrected chi connectivity index (χ1v) is 3.34. The first-order chi connectivity index (χ1) is 5.01. The van der Waals surface area contributed by atoms with Gasteiger partial charge in [0.25, 0.3) is 0 Å². The Morgan fingerprint density at radius 3 is 2.09 bits per heavy atom. The summed E-state index contributed by atoms with van der Waals surface area (Å²) in [5.74, 6) is 0. The molecule has 5 nitrogen and oxygen atoms in total. The largest absolute Gasteiger partial charge is 0.393 e. The molecule has 0 aromatic carbocycles. The molecule has 0 unspecified atom stereocenters. The van der Waals surface area contributed by atoms with Crippen LogP contribution in [0.3, 0.4) is 0 Å². The lowest BCUT2D eigenvalue weighted by Gasteiger charge is -2.23. The lowest BCUT2D eigenvalue weighted by Crippen LogP contribution is -2.43. The Kier molecular flexibility index (Phi) is 2.17. The molecule has 0 aromatic rings. The van der Waals surface area contributed by atoms with E-state index >= 15 is 0 Å². The summed E-state index contributed by atoms with van der Waals surface area (Å²) in [6.07, 6.45) is -4.00. The molecule has 0 saturated carbocycles. The molecule has 4 atom stereocenters. The fourth-order valence-electron chi connectivity index (χ4n) is 1.06. The summed E-state index contributed by atoms with van der Waals surface area (Å²) in [6.45, 7) is 0.972. The molecule has 4 N–H and O–H groups in total. The molecule has 1 fully saturated rings. The molecule has 66 valence electrons. The Hall–Kier alpha value is -0.200. The highest BCUT2D eigenvalue weighted by Crippen LogP contribution is 2.28. The lowest BCUT2D eigenvalue weighted by atomic mass is 9.99. The standard InChI is InChI=1S/C6H12O5/c1-6(2-7)4(9)3(8)5(10)11-6/h3-5,7-10H,2H2,1H3/t3-,4+,5-,6-/m1/s1. The van der Waals surface area contributed by atoms with E-state index in [2.05, 4.69) is 0 Å². The highest BCUT2D eigenvalue weighted by molar-refractivity contribution is 4.95. The first kappa shape index (κ1) is 8.89. The highest BCUT2D eigenvalue weighted by Gasteiger charge is 2.50. The number of hydrogen-bond donors (Lipinski definition) is 4. The van der Waals surface area contributed by atoms with Crippen molar-refractivity contribution >= 4 is 0 Å². The molecule has 1 saturated heterocycles. The van der Waals surface area contributed by atoms with Gasteiger partial charge < -0.3 is 25.2 Å². The van der Waals surface area contributed by atoms with Gasteiger partial charge in [0.15, 0.2) is 6.29 Å². The van der Waals surface area contributed by atoms with E-state index in [9.17, 15) is 5.11 Å². The molecule has 0 amide bonds. The van der Waals surface area contributed by atoms with Gasteiger partial charge in [-0.3, -0.25) is 0 Å². The molecule has 1 rings (SSSR count). The number of aliphatic hydroxyl groups is 4. The zero-order chi connectivity index (χ0) is 8.65.